The van der Waals surface area contributed by atoms with Gasteiger partial charge in [0.2, 0.25) is 0 Å². The molecule has 0 amide bonds. The average Bonchev–Trinajstić information content (AvgIpc) is 2.07. The third kappa shape index (κ3) is 4.22. The number of thioether (sulfide) groups is 1. The zero-order valence-corrected chi connectivity index (χ0v) is 11.0. The first-order valence-electron chi connectivity index (χ1n) is 5.21. The standard InChI is InChI=1S/C12H20N2S/c1-9-6-11(15-12(2,3)4)14-8-10(9)7-13-5/h6,8,13H,7H2,1-5H3. The van der Waals surface area contributed by atoms with Crippen LogP contribution in [-0.4, -0.2) is 16.8 Å². The van der Waals surface area contributed by atoms with E-state index in [2.05, 4.69) is 44.1 Å². The largest absolute Gasteiger partial charge is 0.316 e. The topological polar surface area (TPSA) is 24.9 Å². The van der Waals surface area contributed by atoms with E-state index < -0.39 is 0 Å². The summed E-state index contributed by atoms with van der Waals surface area (Å²) in [5.41, 5.74) is 2.59. The van der Waals surface area contributed by atoms with Gasteiger partial charge in [0.05, 0.1) is 5.03 Å². The molecule has 2 nitrogen and oxygen atoms in total. The van der Waals surface area contributed by atoms with Crippen LogP contribution >= 0.6 is 11.8 Å². The molecule has 0 fully saturated rings. The Morgan fingerprint density at radius 1 is 1.40 bits per heavy atom. The minimum atomic E-state index is 0.226. The number of pyridine rings is 1. The Hall–Kier alpha value is -0.540. The van der Waals surface area contributed by atoms with Crippen LogP contribution in [0.5, 0.6) is 0 Å². The summed E-state index contributed by atoms with van der Waals surface area (Å²) in [7, 11) is 1.96. The average molecular weight is 224 g/mol. The molecular weight excluding hydrogens is 204 g/mol. The van der Waals surface area contributed by atoms with E-state index in [-0.39, 0.29) is 4.75 Å². The summed E-state index contributed by atoms with van der Waals surface area (Å²) in [5.74, 6) is 0. The van der Waals surface area contributed by atoms with Gasteiger partial charge in [0.1, 0.15) is 0 Å². The van der Waals surface area contributed by atoms with Crippen LogP contribution in [0, 0.1) is 6.92 Å². The molecule has 1 rings (SSSR count). The molecule has 0 aliphatic carbocycles. The number of nitrogens with one attached hydrogen (secondary N) is 1. The maximum atomic E-state index is 4.47. The molecule has 84 valence electrons. The molecule has 0 atom stereocenters. The van der Waals surface area contributed by atoms with Crippen LogP contribution in [0.15, 0.2) is 17.3 Å². The minimum Gasteiger partial charge on any atom is -0.316 e. The number of aromatic nitrogens is 1. The summed E-state index contributed by atoms with van der Waals surface area (Å²) >= 11 is 1.81. The van der Waals surface area contributed by atoms with Crippen molar-refractivity contribution in [3.63, 3.8) is 0 Å². The molecule has 0 radical (unpaired) electrons. The van der Waals surface area contributed by atoms with Crippen LogP contribution in [0.1, 0.15) is 31.9 Å². The van der Waals surface area contributed by atoms with Crippen LogP contribution in [0.4, 0.5) is 0 Å². The second kappa shape index (κ2) is 4.99. The van der Waals surface area contributed by atoms with Gasteiger partial charge in [-0.05, 0) is 31.2 Å². The van der Waals surface area contributed by atoms with E-state index in [1.807, 2.05) is 25.0 Å². The molecule has 0 aliphatic rings. The lowest BCUT2D eigenvalue weighted by Gasteiger charge is -2.17. The lowest BCUT2D eigenvalue weighted by Crippen LogP contribution is -2.09. The molecule has 0 bridgehead atoms. The van der Waals surface area contributed by atoms with Crippen molar-refractivity contribution in [3.8, 4) is 0 Å². The molecule has 0 aliphatic heterocycles. The highest BCUT2D eigenvalue weighted by Crippen LogP contribution is 2.30. The van der Waals surface area contributed by atoms with Crippen LogP contribution in [0.2, 0.25) is 0 Å². The Bertz CT molecular complexity index is 329. The van der Waals surface area contributed by atoms with Gasteiger partial charge in [0, 0.05) is 17.5 Å². The molecule has 1 heterocycles. The lowest BCUT2D eigenvalue weighted by molar-refractivity contribution is 0.790. The minimum absolute atomic E-state index is 0.226. The molecule has 3 heteroatoms. The van der Waals surface area contributed by atoms with Crippen LogP contribution in [0.25, 0.3) is 0 Å². The van der Waals surface area contributed by atoms with Gasteiger partial charge in [-0.2, -0.15) is 0 Å². The maximum absolute atomic E-state index is 4.47. The van der Waals surface area contributed by atoms with Crippen LogP contribution in [-0.2, 0) is 6.54 Å². The summed E-state index contributed by atoms with van der Waals surface area (Å²) in [6.07, 6.45) is 1.97. The van der Waals surface area contributed by atoms with Crippen molar-refractivity contribution in [2.45, 2.75) is 44.0 Å². The highest BCUT2D eigenvalue weighted by atomic mass is 32.2. The molecule has 0 saturated carbocycles. The Kier molecular flexibility index (Phi) is 4.17. The van der Waals surface area contributed by atoms with Gasteiger partial charge in [-0.15, -0.1) is 11.8 Å². The van der Waals surface area contributed by atoms with E-state index >= 15 is 0 Å². The predicted octanol–water partition coefficient (Wildman–Crippen LogP) is 3.00. The normalized spacial score (nSPS) is 11.8. The Morgan fingerprint density at radius 3 is 2.53 bits per heavy atom. The van der Waals surface area contributed by atoms with E-state index in [0.717, 1.165) is 11.6 Å². The quantitative estimate of drug-likeness (QED) is 0.799. The number of rotatable bonds is 3. The number of aryl methyl sites for hydroxylation is 1. The van der Waals surface area contributed by atoms with Crippen molar-refractivity contribution >= 4 is 11.8 Å². The summed E-state index contributed by atoms with van der Waals surface area (Å²) in [5, 5.41) is 4.26. The third-order valence-electron chi connectivity index (χ3n) is 1.97. The molecule has 0 spiro atoms. The summed E-state index contributed by atoms with van der Waals surface area (Å²) in [4.78, 5) is 4.47. The highest BCUT2D eigenvalue weighted by molar-refractivity contribution is 8.00. The van der Waals surface area contributed by atoms with E-state index in [9.17, 15) is 0 Å². The first-order valence-corrected chi connectivity index (χ1v) is 6.03. The van der Waals surface area contributed by atoms with Crippen LogP contribution < -0.4 is 5.32 Å². The number of nitrogens with zero attached hydrogens (tertiary/aromatic N) is 1. The number of hydrogen-bond acceptors (Lipinski definition) is 3. The predicted molar refractivity (Wildman–Crippen MR) is 67.3 cm³/mol. The molecular formula is C12H20N2S. The second-order valence-electron chi connectivity index (χ2n) is 4.69. The van der Waals surface area contributed by atoms with Gasteiger partial charge in [-0.1, -0.05) is 20.8 Å². The molecule has 1 aromatic heterocycles. The van der Waals surface area contributed by atoms with Crippen molar-refractivity contribution in [2.75, 3.05) is 7.05 Å². The molecule has 15 heavy (non-hydrogen) atoms. The van der Waals surface area contributed by atoms with E-state index in [1.54, 1.807) is 0 Å². The van der Waals surface area contributed by atoms with Gasteiger partial charge < -0.3 is 5.32 Å². The Balaban J connectivity index is 2.82. The van der Waals surface area contributed by atoms with Gasteiger partial charge in [0.15, 0.2) is 0 Å². The lowest BCUT2D eigenvalue weighted by atomic mass is 10.2. The van der Waals surface area contributed by atoms with Crippen LogP contribution in [0.3, 0.4) is 0 Å². The molecule has 0 saturated heterocycles. The Labute approximate surface area is 96.9 Å². The van der Waals surface area contributed by atoms with Gasteiger partial charge >= 0.3 is 0 Å². The van der Waals surface area contributed by atoms with Gasteiger partial charge in [-0.25, -0.2) is 4.98 Å². The fourth-order valence-corrected chi connectivity index (χ4v) is 2.27. The molecule has 1 aromatic rings. The summed E-state index contributed by atoms with van der Waals surface area (Å²) in [6.45, 7) is 9.64. The highest BCUT2D eigenvalue weighted by Gasteiger charge is 2.13. The SMILES string of the molecule is CNCc1cnc(SC(C)(C)C)cc1C. The first kappa shape index (κ1) is 12.5. The zero-order valence-electron chi connectivity index (χ0n) is 10.2. The van der Waals surface area contributed by atoms with Crippen molar-refractivity contribution in [3.05, 3.63) is 23.4 Å². The van der Waals surface area contributed by atoms with Crippen molar-refractivity contribution < 1.29 is 0 Å². The van der Waals surface area contributed by atoms with Gasteiger partial charge in [-0.3, -0.25) is 0 Å². The molecule has 0 aromatic carbocycles. The molecule has 0 unspecified atom stereocenters. The number of hydrogen-bond donors (Lipinski definition) is 1. The third-order valence-corrected chi connectivity index (χ3v) is 3.02. The van der Waals surface area contributed by atoms with Crippen molar-refractivity contribution in [2.24, 2.45) is 0 Å². The second-order valence-corrected chi connectivity index (χ2v) is 6.54. The van der Waals surface area contributed by atoms with E-state index in [1.165, 1.54) is 11.1 Å². The Morgan fingerprint density at radius 2 is 2.07 bits per heavy atom. The summed E-state index contributed by atoms with van der Waals surface area (Å²) < 4.78 is 0.226. The first-order chi connectivity index (χ1) is 6.92. The maximum Gasteiger partial charge on any atom is 0.0967 e. The van der Waals surface area contributed by atoms with E-state index in [4.69, 9.17) is 0 Å². The smallest absolute Gasteiger partial charge is 0.0967 e. The van der Waals surface area contributed by atoms with Crippen molar-refractivity contribution in [1.82, 2.24) is 10.3 Å². The molecule has 1 N–H and O–H groups in total. The fraction of sp³-hybridized carbons (Fsp3) is 0.583. The zero-order chi connectivity index (χ0) is 11.5. The van der Waals surface area contributed by atoms with Crippen molar-refractivity contribution in [1.29, 1.82) is 0 Å². The van der Waals surface area contributed by atoms with Gasteiger partial charge in [0.25, 0.3) is 0 Å². The van der Waals surface area contributed by atoms with E-state index in [0.29, 0.717) is 0 Å². The summed E-state index contributed by atoms with van der Waals surface area (Å²) in [6, 6.07) is 2.17. The monoisotopic (exact) mass is 224 g/mol. The fourth-order valence-electron chi connectivity index (χ4n) is 1.30.